The summed E-state index contributed by atoms with van der Waals surface area (Å²) < 4.78 is 35.8. The Morgan fingerprint density at radius 3 is 2.63 bits per heavy atom. The van der Waals surface area contributed by atoms with E-state index in [9.17, 15) is 8.42 Å². The molecule has 0 aliphatic carbocycles. The maximum Gasteiger partial charge on any atom is 0.246 e. The quantitative estimate of drug-likeness (QED) is 0.775. The Morgan fingerprint density at radius 1 is 1.26 bits per heavy atom. The number of aryl methyl sites for hydroxylation is 2. The topological polar surface area (TPSA) is 90.2 Å². The van der Waals surface area contributed by atoms with Gasteiger partial charge >= 0.3 is 0 Å². The molecule has 2 aromatic heterocycles. The average Bonchev–Trinajstić information content (AvgIpc) is 2.90. The van der Waals surface area contributed by atoms with E-state index in [0.717, 1.165) is 12.8 Å². The number of aromatic nitrogens is 4. The molecule has 1 saturated heterocycles. The van der Waals surface area contributed by atoms with E-state index in [1.807, 2.05) is 20.8 Å². The lowest BCUT2D eigenvalue weighted by molar-refractivity contribution is 0.124. The highest BCUT2D eigenvalue weighted by atomic mass is 32.2. The van der Waals surface area contributed by atoms with Crippen molar-refractivity contribution in [3.05, 3.63) is 29.5 Å². The second kappa shape index (κ2) is 7.55. The predicted octanol–water partition coefficient (Wildman–Crippen LogP) is 2.41. The molecule has 9 heteroatoms. The Morgan fingerprint density at radius 2 is 2.00 bits per heavy atom. The summed E-state index contributed by atoms with van der Waals surface area (Å²) in [5.74, 6) is 1.10. The normalized spacial score (nSPS) is 18.8. The summed E-state index contributed by atoms with van der Waals surface area (Å²) >= 11 is 0. The molecule has 3 heterocycles. The number of hydrogen-bond donors (Lipinski definition) is 0. The summed E-state index contributed by atoms with van der Waals surface area (Å²) in [5, 5.41) is 4.43. The van der Waals surface area contributed by atoms with Gasteiger partial charge in [-0.2, -0.15) is 14.4 Å². The molecule has 1 atom stereocenters. The molecule has 0 spiro atoms. The largest absolute Gasteiger partial charge is 0.473 e. The molecular weight excluding hydrogens is 366 g/mol. The van der Waals surface area contributed by atoms with Crippen LogP contribution in [0.1, 0.15) is 49.9 Å². The third kappa shape index (κ3) is 3.98. The van der Waals surface area contributed by atoms with Gasteiger partial charge in [0.25, 0.3) is 0 Å². The van der Waals surface area contributed by atoms with Crippen LogP contribution < -0.4 is 4.74 Å². The van der Waals surface area contributed by atoms with Gasteiger partial charge < -0.3 is 4.74 Å². The van der Waals surface area contributed by atoms with E-state index in [1.54, 1.807) is 30.8 Å². The minimum absolute atomic E-state index is 0.103. The number of nitrogens with zero attached hydrogens (tertiary/aromatic N) is 5. The molecule has 3 rings (SSSR count). The van der Waals surface area contributed by atoms with Crippen molar-refractivity contribution >= 4 is 10.0 Å². The van der Waals surface area contributed by atoms with Gasteiger partial charge in [0.1, 0.15) is 16.8 Å². The lowest BCUT2D eigenvalue weighted by Crippen LogP contribution is -2.44. The smallest absolute Gasteiger partial charge is 0.246 e. The first-order valence-corrected chi connectivity index (χ1v) is 10.7. The van der Waals surface area contributed by atoms with Crippen LogP contribution in [0.2, 0.25) is 0 Å². The highest BCUT2D eigenvalue weighted by Gasteiger charge is 2.35. The van der Waals surface area contributed by atoms with E-state index in [2.05, 4.69) is 15.1 Å². The summed E-state index contributed by atoms with van der Waals surface area (Å²) in [6.07, 6.45) is 2.94. The molecule has 0 radical (unpaired) electrons. The van der Waals surface area contributed by atoms with Crippen molar-refractivity contribution in [1.82, 2.24) is 24.1 Å². The van der Waals surface area contributed by atoms with E-state index in [4.69, 9.17) is 4.74 Å². The number of hydrogen-bond acceptors (Lipinski definition) is 6. The van der Waals surface area contributed by atoms with Crippen molar-refractivity contribution in [1.29, 1.82) is 0 Å². The van der Waals surface area contributed by atoms with Crippen molar-refractivity contribution in [3.8, 4) is 5.88 Å². The minimum atomic E-state index is -3.63. The van der Waals surface area contributed by atoms with Gasteiger partial charge in [0, 0.05) is 24.8 Å². The Labute approximate surface area is 160 Å². The number of sulfonamides is 1. The molecular formula is C18H27N5O3S. The van der Waals surface area contributed by atoms with E-state index in [1.165, 1.54) is 4.31 Å². The second-order valence-electron chi connectivity index (χ2n) is 7.23. The minimum Gasteiger partial charge on any atom is -0.473 e. The molecule has 0 bridgehead atoms. The maximum absolute atomic E-state index is 13.3. The van der Waals surface area contributed by atoms with Gasteiger partial charge in [-0.3, -0.25) is 4.68 Å². The van der Waals surface area contributed by atoms with Crippen molar-refractivity contribution in [2.75, 3.05) is 13.1 Å². The molecule has 1 aliphatic heterocycles. The Bertz CT molecular complexity index is 923. The molecule has 0 aromatic carbocycles. The predicted molar refractivity (Wildman–Crippen MR) is 101 cm³/mol. The van der Waals surface area contributed by atoms with Gasteiger partial charge in [-0.05, 0) is 47.5 Å². The SMILES string of the molecule is Cc1nccc(O[C@H]2CCCN(S(=O)(=O)c3c(C)nn(C(C)C)c3C)C2)n1. The van der Waals surface area contributed by atoms with Crippen molar-refractivity contribution < 1.29 is 13.2 Å². The van der Waals surface area contributed by atoms with Crippen molar-refractivity contribution in [2.24, 2.45) is 0 Å². The first-order valence-electron chi connectivity index (χ1n) is 9.22. The molecule has 0 N–H and O–H groups in total. The Balaban J connectivity index is 1.83. The number of rotatable bonds is 5. The molecule has 1 aliphatic rings. The lowest BCUT2D eigenvalue weighted by atomic mass is 10.1. The first-order chi connectivity index (χ1) is 12.7. The fourth-order valence-electron chi connectivity index (χ4n) is 3.54. The summed E-state index contributed by atoms with van der Waals surface area (Å²) in [5.41, 5.74) is 1.22. The summed E-state index contributed by atoms with van der Waals surface area (Å²) in [6, 6.07) is 1.80. The average molecular weight is 394 g/mol. The first kappa shape index (κ1) is 19.8. The van der Waals surface area contributed by atoms with Crippen LogP contribution in [0, 0.1) is 20.8 Å². The highest BCUT2D eigenvalue weighted by molar-refractivity contribution is 7.89. The fourth-order valence-corrected chi connectivity index (χ4v) is 5.41. The standard InChI is InChI=1S/C18H27N5O3S/c1-12(2)23-14(4)18(13(3)21-23)27(24,25)22-10-6-7-16(11-22)26-17-8-9-19-15(5)20-17/h8-9,12,16H,6-7,10-11H2,1-5H3/t16-/m0/s1. The molecule has 148 valence electrons. The molecule has 1 fully saturated rings. The second-order valence-corrected chi connectivity index (χ2v) is 9.10. The molecule has 0 amide bonds. The van der Waals surface area contributed by atoms with Gasteiger partial charge in [0.05, 0.1) is 17.9 Å². The van der Waals surface area contributed by atoms with E-state index < -0.39 is 10.0 Å². The molecule has 0 unspecified atom stereocenters. The zero-order valence-corrected chi connectivity index (χ0v) is 17.3. The Kier molecular flexibility index (Phi) is 5.53. The number of piperidine rings is 1. The van der Waals surface area contributed by atoms with E-state index in [0.29, 0.717) is 41.1 Å². The summed E-state index contributed by atoms with van der Waals surface area (Å²) in [7, 11) is -3.63. The third-order valence-electron chi connectivity index (χ3n) is 4.72. The zero-order chi connectivity index (χ0) is 19.8. The van der Waals surface area contributed by atoms with Crippen LogP contribution in [-0.4, -0.2) is 51.7 Å². The zero-order valence-electron chi connectivity index (χ0n) is 16.5. The molecule has 2 aromatic rings. The van der Waals surface area contributed by atoms with Crippen LogP contribution in [0.5, 0.6) is 5.88 Å². The third-order valence-corrected chi connectivity index (χ3v) is 6.84. The van der Waals surface area contributed by atoms with Crippen molar-refractivity contribution in [2.45, 2.75) is 64.5 Å². The van der Waals surface area contributed by atoms with Crippen LogP contribution in [0.25, 0.3) is 0 Å². The van der Waals surface area contributed by atoms with Gasteiger partial charge in [0.2, 0.25) is 15.9 Å². The fraction of sp³-hybridized carbons (Fsp3) is 0.611. The molecule has 27 heavy (non-hydrogen) atoms. The summed E-state index contributed by atoms with van der Waals surface area (Å²) in [6.45, 7) is 10.1. The van der Waals surface area contributed by atoms with Crippen molar-refractivity contribution in [3.63, 3.8) is 0 Å². The van der Waals surface area contributed by atoms with Gasteiger partial charge in [-0.1, -0.05) is 0 Å². The van der Waals surface area contributed by atoms with Gasteiger partial charge in [-0.15, -0.1) is 0 Å². The highest BCUT2D eigenvalue weighted by Crippen LogP contribution is 2.28. The summed E-state index contributed by atoms with van der Waals surface area (Å²) in [4.78, 5) is 8.62. The van der Waals surface area contributed by atoms with Crippen LogP contribution in [0.15, 0.2) is 17.2 Å². The maximum atomic E-state index is 13.3. The van der Waals surface area contributed by atoms with Crippen LogP contribution in [0.3, 0.4) is 0 Å². The monoisotopic (exact) mass is 393 g/mol. The van der Waals surface area contributed by atoms with Crippen LogP contribution in [-0.2, 0) is 10.0 Å². The van der Waals surface area contributed by atoms with Gasteiger partial charge in [0.15, 0.2) is 0 Å². The molecule has 8 nitrogen and oxygen atoms in total. The van der Waals surface area contributed by atoms with Crippen LogP contribution in [0.4, 0.5) is 0 Å². The molecule has 0 saturated carbocycles. The van der Waals surface area contributed by atoms with Crippen LogP contribution >= 0.6 is 0 Å². The number of ether oxygens (including phenoxy) is 1. The van der Waals surface area contributed by atoms with E-state index >= 15 is 0 Å². The lowest BCUT2D eigenvalue weighted by Gasteiger charge is -2.31. The van der Waals surface area contributed by atoms with Gasteiger partial charge in [-0.25, -0.2) is 13.4 Å². The Hall–Kier alpha value is -2.00. The van der Waals surface area contributed by atoms with E-state index in [-0.39, 0.29) is 12.1 Å².